The minimum absolute atomic E-state index is 0.235. The molecule has 4 rings (SSSR count). The third-order valence-electron chi connectivity index (χ3n) is 3.67. The smallest absolute Gasteiger partial charge is 0.259 e. The summed E-state index contributed by atoms with van der Waals surface area (Å²) in [6.45, 7) is 1.39. The number of benzene rings is 1. The lowest BCUT2D eigenvalue weighted by atomic mass is 10.1. The average Bonchev–Trinajstić information content (AvgIpc) is 3.05. The van der Waals surface area contributed by atoms with E-state index in [0.717, 1.165) is 21.6 Å². The molecule has 0 radical (unpaired) electrons. The van der Waals surface area contributed by atoms with E-state index in [1.165, 1.54) is 6.20 Å². The predicted molar refractivity (Wildman–Crippen MR) is 91.1 cm³/mol. The van der Waals surface area contributed by atoms with Crippen molar-refractivity contribution >= 4 is 39.3 Å². The van der Waals surface area contributed by atoms with Crippen LogP contribution in [0.2, 0.25) is 0 Å². The molecule has 2 aliphatic rings. The van der Waals surface area contributed by atoms with Crippen LogP contribution in [0.15, 0.2) is 57.2 Å². The van der Waals surface area contributed by atoms with E-state index in [4.69, 9.17) is 0 Å². The molecular weight excluding hydrogens is 358 g/mol. The van der Waals surface area contributed by atoms with Gasteiger partial charge in [0.1, 0.15) is 5.84 Å². The number of carbonyl (C=O) groups is 1. The molecule has 0 bridgehead atoms. The van der Waals surface area contributed by atoms with E-state index in [1.54, 1.807) is 18.3 Å². The summed E-state index contributed by atoms with van der Waals surface area (Å²) >= 11 is 3.45. The predicted octanol–water partition coefficient (Wildman–Crippen LogP) is 2.34. The van der Waals surface area contributed by atoms with Gasteiger partial charge in [0.2, 0.25) is 5.96 Å². The fraction of sp³-hybridized carbons (Fsp3) is 0.125. The van der Waals surface area contributed by atoms with E-state index < -0.39 is 0 Å². The minimum Gasteiger partial charge on any atom is -0.294 e. The molecule has 0 saturated carbocycles. The molecule has 1 aromatic heterocycles. The van der Waals surface area contributed by atoms with Crippen molar-refractivity contribution in [2.24, 2.45) is 9.98 Å². The summed E-state index contributed by atoms with van der Waals surface area (Å²) in [4.78, 5) is 27.4. The van der Waals surface area contributed by atoms with Crippen molar-refractivity contribution in [1.29, 1.82) is 0 Å². The highest BCUT2D eigenvalue weighted by atomic mass is 79.9. The maximum Gasteiger partial charge on any atom is 0.259 e. The Morgan fingerprint density at radius 1 is 1.30 bits per heavy atom. The Balaban J connectivity index is 1.71. The zero-order chi connectivity index (χ0) is 15.8. The van der Waals surface area contributed by atoms with Gasteiger partial charge in [-0.05, 0) is 30.3 Å². The zero-order valence-corrected chi connectivity index (χ0v) is 13.6. The second-order valence-corrected chi connectivity index (χ2v) is 6.07. The number of rotatable bonds is 1. The number of amidine groups is 1. The van der Waals surface area contributed by atoms with Gasteiger partial charge >= 0.3 is 0 Å². The van der Waals surface area contributed by atoms with Crippen LogP contribution in [0.4, 0.5) is 5.69 Å². The molecule has 2 aliphatic heterocycles. The quantitative estimate of drug-likeness (QED) is 0.838. The number of nitrogens with zero attached hydrogens (tertiary/aromatic N) is 4. The number of amides is 1. The van der Waals surface area contributed by atoms with Crippen LogP contribution in [0, 0.1) is 0 Å². The van der Waals surface area contributed by atoms with E-state index in [1.807, 2.05) is 23.1 Å². The molecular formula is C16H12BrN5O. The number of carbonyl (C=O) groups excluding carboxylic acids is 1. The number of hydrogen-bond acceptors (Lipinski definition) is 5. The van der Waals surface area contributed by atoms with E-state index in [-0.39, 0.29) is 5.91 Å². The van der Waals surface area contributed by atoms with Crippen LogP contribution in [-0.2, 0) is 0 Å². The molecule has 114 valence electrons. The zero-order valence-electron chi connectivity index (χ0n) is 12.0. The lowest BCUT2D eigenvalue weighted by molar-refractivity contribution is 0.0973. The Labute approximate surface area is 141 Å². The molecule has 6 nitrogen and oxygen atoms in total. The fourth-order valence-electron chi connectivity index (χ4n) is 2.61. The normalized spacial score (nSPS) is 15.4. The van der Waals surface area contributed by atoms with E-state index >= 15 is 0 Å². The van der Waals surface area contributed by atoms with Gasteiger partial charge in [-0.2, -0.15) is 0 Å². The molecule has 7 heteroatoms. The summed E-state index contributed by atoms with van der Waals surface area (Å²) in [5, 5.41) is 2.87. The molecule has 0 fully saturated rings. The molecule has 0 saturated heterocycles. The lowest BCUT2D eigenvalue weighted by Gasteiger charge is -2.27. The Kier molecular flexibility index (Phi) is 3.42. The first-order chi connectivity index (χ1) is 11.2. The highest BCUT2D eigenvalue weighted by Crippen LogP contribution is 2.30. The summed E-state index contributed by atoms with van der Waals surface area (Å²) in [6, 6.07) is 9.32. The number of fused-ring (bicyclic) bond motifs is 3. The molecule has 2 aromatic rings. The molecule has 1 aromatic carbocycles. The van der Waals surface area contributed by atoms with Crippen LogP contribution < -0.4 is 5.32 Å². The first-order valence-electron chi connectivity index (χ1n) is 7.14. The molecule has 3 heterocycles. The standard InChI is InChI=1S/C16H12BrN5O/c17-11-3-4-12-13(8-11)20-16(22-7-6-19-14(12)22)21-15(23)10-2-1-5-18-9-10/h1-5,8-9H,6-7H2,(H,20,21,23). The van der Waals surface area contributed by atoms with Crippen LogP contribution >= 0.6 is 15.9 Å². The first kappa shape index (κ1) is 14.1. The van der Waals surface area contributed by atoms with E-state index in [2.05, 4.69) is 36.2 Å². The summed E-state index contributed by atoms with van der Waals surface area (Å²) in [6.07, 6.45) is 3.16. The van der Waals surface area contributed by atoms with Gasteiger partial charge in [0.15, 0.2) is 0 Å². The summed E-state index contributed by atoms with van der Waals surface area (Å²) in [5.74, 6) is 1.12. The largest absolute Gasteiger partial charge is 0.294 e. The highest BCUT2D eigenvalue weighted by Gasteiger charge is 2.30. The first-order valence-corrected chi connectivity index (χ1v) is 7.94. The molecule has 0 spiro atoms. The van der Waals surface area contributed by atoms with Gasteiger partial charge < -0.3 is 0 Å². The van der Waals surface area contributed by atoms with Crippen LogP contribution in [0.1, 0.15) is 15.9 Å². The van der Waals surface area contributed by atoms with Crippen molar-refractivity contribution in [3.05, 3.63) is 58.3 Å². The SMILES string of the molecule is O=C(NC1=Nc2cc(Br)ccc2C2=NCCN12)c1cccnc1. The molecule has 1 amide bonds. The number of guanidine groups is 1. The van der Waals surface area contributed by atoms with Crippen molar-refractivity contribution in [2.45, 2.75) is 0 Å². The van der Waals surface area contributed by atoms with Crippen molar-refractivity contribution in [2.75, 3.05) is 13.1 Å². The van der Waals surface area contributed by atoms with Crippen LogP contribution in [0.5, 0.6) is 0 Å². The highest BCUT2D eigenvalue weighted by molar-refractivity contribution is 9.10. The molecule has 1 N–H and O–H groups in total. The Morgan fingerprint density at radius 3 is 3.04 bits per heavy atom. The second-order valence-electron chi connectivity index (χ2n) is 5.15. The van der Waals surface area contributed by atoms with Crippen LogP contribution in [0.3, 0.4) is 0 Å². The van der Waals surface area contributed by atoms with Crippen molar-refractivity contribution in [1.82, 2.24) is 15.2 Å². The fourth-order valence-corrected chi connectivity index (χ4v) is 2.96. The van der Waals surface area contributed by atoms with Gasteiger partial charge in [0.05, 0.1) is 17.8 Å². The summed E-state index contributed by atoms with van der Waals surface area (Å²) < 4.78 is 0.935. The molecule has 23 heavy (non-hydrogen) atoms. The van der Waals surface area contributed by atoms with E-state index in [0.29, 0.717) is 24.6 Å². The molecule has 0 unspecified atom stereocenters. The number of halogens is 1. The number of aliphatic imine (C=N–C) groups is 2. The Hall–Kier alpha value is -2.54. The minimum atomic E-state index is -0.235. The van der Waals surface area contributed by atoms with Gasteiger partial charge in [0, 0.05) is 29.0 Å². The summed E-state index contributed by atoms with van der Waals surface area (Å²) in [7, 11) is 0. The number of aromatic nitrogens is 1. The Bertz CT molecular complexity index is 847. The Morgan fingerprint density at radius 2 is 2.22 bits per heavy atom. The maximum absolute atomic E-state index is 12.4. The maximum atomic E-state index is 12.4. The average molecular weight is 370 g/mol. The molecule has 0 atom stereocenters. The topological polar surface area (TPSA) is 70.0 Å². The van der Waals surface area contributed by atoms with Gasteiger partial charge in [0.25, 0.3) is 5.91 Å². The lowest BCUT2D eigenvalue weighted by Crippen LogP contribution is -2.47. The third-order valence-corrected chi connectivity index (χ3v) is 4.17. The second kappa shape index (κ2) is 5.58. The number of hydrogen-bond donors (Lipinski definition) is 1. The van der Waals surface area contributed by atoms with Gasteiger partial charge in [-0.3, -0.25) is 25.0 Å². The van der Waals surface area contributed by atoms with Gasteiger partial charge in [-0.1, -0.05) is 15.9 Å². The third kappa shape index (κ3) is 2.53. The van der Waals surface area contributed by atoms with Crippen LogP contribution in [-0.4, -0.2) is 40.7 Å². The van der Waals surface area contributed by atoms with E-state index in [9.17, 15) is 4.79 Å². The monoisotopic (exact) mass is 369 g/mol. The number of pyridine rings is 1. The van der Waals surface area contributed by atoms with Gasteiger partial charge in [-0.25, -0.2) is 4.99 Å². The van der Waals surface area contributed by atoms with Crippen molar-refractivity contribution in [3.63, 3.8) is 0 Å². The van der Waals surface area contributed by atoms with Crippen molar-refractivity contribution < 1.29 is 4.79 Å². The molecule has 0 aliphatic carbocycles. The summed E-state index contributed by atoms with van der Waals surface area (Å²) in [5.41, 5.74) is 2.26. The van der Waals surface area contributed by atoms with Crippen molar-refractivity contribution in [3.8, 4) is 0 Å². The van der Waals surface area contributed by atoms with Crippen LogP contribution in [0.25, 0.3) is 0 Å². The van der Waals surface area contributed by atoms with Gasteiger partial charge in [-0.15, -0.1) is 0 Å². The number of nitrogens with one attached hydrogen (secondary N) is 1.